The van der Waals surface area contributed by atoms with Crippen molar-refractivity contribution in [3.05, 3.63) is 71.7 Å². The Labute approximate surface area is 202 Å². The molecular formula is C24H33BFN7O. The maximum atomic E-state index is 14.0. The highest BCUT2D eigenvalue weighted by Crippen LogP contribution is 2.42. The third-order valence-electron chi connectivity index (χ3n) is 5.18. The van der Waals surface area contributed by atoms with Gasteiger partial charge in [-0.15, -0.1) is 0 Å². The number of hydrogen-bond donors (Lipinski definition) is 4. The molecule has 0 spiro atoms. The smallest absolute Gasteiger partial charge is 0.164 e. The number of nitrogens with two attached hydrogens (primary N) is 2. The number of aliphatic hydroxyl groups is 1. The molecule has 6 N–H and O–H groups in total. The largest absolute Gasteiger partial charge is 0.384 e. The number of fused-ring (bicyclic) bond motifs is 1. The summed E-state index contributed by atoms with van der Waals surface area (Å²) in [7, 11) is 7.94. The van der Waals surface area contributed by atoms with E-state index in [2.05, 4.69) is 40.7 Å². The predicted octanol–water partition coefficient (Wildman–Crippen LogP) is 3.03. The molecule has 0 amide bonds. The number of rotatable bonds is 5. The van der Waals surface area contributed by atoms with E-state index in [9.17, 15) is 9.50 Å². The molecule has 2 radical (unpaired) electrons. The second kappa shape index (κ2) is 10.8. The van der Waals surface area contributed by atoms with E-state index in [1.54, 1.807) is 33.0 Å². The number of anilines is 2. The van der Waals surface area contributed by atoms with Crippen molar-refractivity contribution in [3.63, 3.8) is 0 Å². The highest BCUT2D eigenvalue weighted by Gasteiger charge is 2.48. The molecule has 0 saturated carbocycles. The molecule has 2 aromatic heterocycles. The molecule has 3 heterocycles. The van der Waals surface area contributed by atoms with Gasteiger partial charge in [0.15, 0.2) is 11.5 Å². The maximum absolute atomic E-state index is 14.0. The highest BCUT2D eigenvalue weighted by atomic mass is 19.1. The van der Waals surface area contributed by atoms with Crippen LogP contribution >= 0.6 is 0 Å². The van der Waals surface area contributed by atoms with E-state index < -0.39 is 17.1 Å². The molecule has 2 atom stereocenters. The quantitative estimate of drug-likeness (QED) is 0.232. The van der Waals surface area contributed by atoms with Crippen LogP contribution in [0.5, 0.6) is 0 Å². The Bertz CT molecular complexity index is 1100. The number of amidine groups is 1. The van der Waals surface area contributed by atoms with Crippen LogP contribution < -0.4 is 16.8 Å². The fourth-order valence-corrected chi connectivity index (χ4v) is 3.68. The van der Waals surface area contributed by atoms with Crippen LogP contribution in [0.2, 0.25) is 0 Å². The zero-order valence-corrected chi connectivity index (χ0v) is 20.4. The summed E-state index contributed by atoms with van der Waals surface area (Å²) in [6.45, 7) is 11.6. The van der Waals surface area contributed by atoms with Gasteiger partial charge < -0.3 is 26.8 Å². The van der Waals surface area contributed by atoms with Crippen molar-refractivity contribution >= 4 is 25.1 Å². The molecule has 8 nitrogen and oxygen atoms in total. The van der Waals surface area contributed by atoms with Crippen LogP contribution in [0, 0.1) is 5.82 Å². The van der Waals surface area contributed by atoms with Gasteiger partial charge in [-0.1, -0.05) is 26.8 Å². The predicted molar refractivity (Wildman–Crippen MR) is 136 cm³/mol. The summed E-state index contributed by atoms with van der Waals surface area (Å²) >= 11 is 0. The summed E-state index contributed by atoms with van der Waals surface area (Å²) in [6, 6.07) is 3.18. The van der Waals surface area contributed by atoms with Gasteiger partial charge in [0.25, 0.3) is 0 Å². The highest BCUT2D eigenvalue weighted by molar-refractivity contribution is 6.15. The minimum absolute atomic E-state index is 0.145. The molecule has 1 aliphatic rings. The first kappa shape index (κ1) is 27.0. The van der Waals surface area contributed by atoms with Gasteiger partial charge in [-0.2, -0.15) is 0 Å². The molecule has 0 aromatic carbocycles. The van der Waals surface area contributed by atoms with E-state index in [-0.39, 0.29) is 12.1 Å². The summed E-state index contributed by atoms with van der Waals surface area (Å²) in [4.78, 5) is 13.5. The molecule has 0 fully saturated rings. The minimum Gasteiger partial charge on any atom is -0.384 e. The molecule has 0 bridgehead atoms. The SMILES string of the molecule is CCC.[B]C1(N)Cc2ncc(Nc3ccncc3F)cc2C(C)(O)N1C(=C)/C(C)=C\C(N)=NC. The molecule has 0 aliphatic carbocycles. The third kappa shape index (κ3) is 5.81. The molecular weight excluding hydrogens is 432 g/mol. The molecule has 180 valence electrons. The van der Waals surface area contributed by atoms with Crippen molar-refractivity contribution < 1.29 is 9.50 Å². The standard InChI is InChI=1S/C21H25BFN7O.C3H8/c1-12(7-19(24)26-4)13(2)30-20(3,31)15-8-14(10-28-18(15)9-21(30,22)25)29-17-5-6-27-11-16(17)23;1-3-2/h5-8,10-11,31H,2,9,25H2,1,3-4H3,(H2,24,26)(H,27,29);3H2,1-2H3/b12-7-;. The van der Waals surface area contributed by atoms with Crippen molar-refractivity contribution in [3.8, 4) is 0 Å². The van der Waals surface area contributed by atoms with Crippen LogP contribution in [-0.4, -0.2) is 46.3 Å². The number of hydrogen-bond acceptors (Lipinski definition) is 7. The number of nitrogens with one attached hydrogen (secondary N) is 1. The zero-order chi connectivity index (χ0) is 25.7. The Morgan fingerprint density at radius 3 is 2.68 bits per heavy atom. The molecule has 10 heteroatoms. The van der Waals surface area contributed by atoms with Crippen LogP contribution in [0.25, 0.3) is 0 Å². The first-order chi connectivity index (χ1) is 15.9. The summed E-state index contributed by atoms with van der Waals surface area (Å²) in [5.41, 5.74) is 11.7. The molecule has 2 aromatic rings. The van der Waals surface area contributed by atoms with Gasteiger partial charge in [-0.25, -0.2) is 4.39 Å². The number of allylic oxidation sites excluding steroid dienone is 1. The number of aliphatic imine (C=N–C) groups is 1. The summed E-state index contributed by atoms with van der Waals surface area (Å²) in [6.07, 6.45) is 7.11. The van der Waals surface area contributed by atoms with Crippen LogP contribution in [0.1, 0.15) is 45.4 Å². The first-order valence-electron chi connectivity index (χ1n) is 10.9. The normalized spacial score (nSPS) is 22.4. The maximum Gasteiger partial charge on any atom is 0.164 e. The average molecular weight is 465 g/mol. The van der Waals surface area contributed by atoms with Crippen molar-refractivity contribution in [2.24, 2.45) is 16.5 Å². The summed E-state index contributed by atoms with van der Waals surface area (Å²) in [5, 5.41) is 14.5. The molecule has 34 heavy (non-hydrogen) atoms. The summed E-state index contributed by atoms with van der Waals surface area (Å²) < 4.78 is 14.0. The van der Waals surface area contributed by atoms with Crippen molar-refractivity contribution in [2.45, 2.75) is 51.8 Å². The molecule has 1 aliphatic heterocycles. The number of nitrogens with zero attached hydrogens (tertiary/aromatic N) is 4. The minimum atomic E-state index is -1.66. The fourth-order valence-electron chi connectivity index (χ4n) is 3.68. The lowest BCUT2D eigenvalue weighted by Gasteiger charge is -2.54. The Morgan fingerprint density at radius 2 is 2.09 bits per heavy atom. The number of halogens is 1. The van der Waals surface area contributed by atoms with E-state index >= 15 is 0 Å². The molecule has 3 rings (SSSR count). The molecule has 2 unspecified atom stereocenters. The Kier molecular flexibility index (Phi) is 8.58. The lowest BCUT2D eigenvalue weighted by Crippen LogP contribution is -2.67. The van der Waals surface area contributed by atoms with Crippen LogP contribution in [0.4, 0.5) is 15.8 Å². The van der Waals surface area contributed by atoms with Crippen LogP contribution in [0.15, 0.2) is 59.6 Å². The van der Waals surface area contributed by atoms with E-state index in [0.717, 1.165) is 6.20 Å². The van der Waals surface area contributed by atoms with E-state index in [1.807, 2.05) is 0 Å². The van der Waals surface area contributed by atoms with Crippen molar-refractivity contribution in [1.82, 2.24) is 14.9 Å². The van der Waals surface area contributed by atoms with Crippen LogP contribution in [0.3, 0.4) is 0 Å². The van der Waals surface area contributed by atoms with Crippen LogP contribution in [-0.2, 0) is 12.1 Å². The Balaban J connectivity index is 0.00000129. The number of aromatic nitrogens is 2. The lowest BCUT2D eigenvalue weighted by atomic mass is 9.74. The first-order valence-corrected chi connectivity index (χ1v) is 10.9. The Hall–Kier alpha value is -3.24. The van der Waals surface area contributed by atoms with Gasteiger partial charge in [0, 0.05) is 30.9 Å². The topological polar surface area (TPSA) is 126 Å². The molecule has 0 saturated heterocycles. The van der Waals surface area contributed by atoms with Crippen molar-refractivity contribution in [1.29, 1.82) is 0 Å². The lowest BCUT2D eigenvalue weighted by molar-refractivity contribution is -0.120. The van der Waals surface area contributed by atoms with Gasteiger partial charge in [-0.3, -0.25) is 15.0 Å². The number of pyridine rings is 2. The van der Waals surface area contributed by atoms with Gasteiger partial charge in [0.05, 0.1) is 35.0 Å². The second-order valence-electron chi connectivity index (χ2n) is 8.35. The van der Waals surface area contributed by atoms with Gasteiger partial charge in [-0.05, 0) is 37.6 Å². The third-order valence-corrected chi connectivity index (χ3v) is 5.18. The van der Waals surface area contributed by atoms with E-state index in [0.29, 0.717) is 34.1 Å². The average Bonchev–Trinajstić information content (AvgIpc) is 2.75. The Morgan fingerprint density at radius 1 is 1.44 bits per heavy atom. The van der Waals surface area contributed by atoms with Gasteiger partial charge in [0.1, 0.15) is 13.7 Å². The van der Waals surface area contributed by atoms with E-state index in [4.69, 9.17) is 19.3 Å². The zero-order valence-electron chi connectivity index (χ0n) is 20.4. The second-order valence-corrected chi connectivity index (χ2v) is 8.35. The summed E-state index contributed by atoms with van der Waals surface area (Å²) in [5.74, 6) is -0.219. The van der Waals surface area contributed by atoms with Gasteiger partial charge in [0.2, 0.25) is 0 Å². The monoisotopic (exact) mass is 465 g/mol. The van der Waals surface area contributed by atoms with Crippen molar-refractivity contribution in [2.75, 3.05) is 12.4 Å². The van der Waals surface area contributed by atoms with E-state index in [1.165, 1.54) is 29.8 Å². The fraction of sp³-hybridized carbons (Fsp3) is 0.375. The van der Waals surface area contributed by atoms with Gasteiger partial charge >= 0.3 is 0 Å².